The van der Waals surface area contributed by atoms with Gasteiger partial charge in [-0.2, -0.15) is 0 Å². The molecule has 0 atom stereocenters. The summed E-state index contributed by atoms with van der Waals surface area (Å²) in [6, 6.07) is 4.11. The zero-order valence-electron chi connectivity index (χ0n) is 9.51. The minimum Gasteiger partial charge on any atom is -0.374 e. The minimum atomic E-state index is 0.555. The van der Waals surface area contributed by atoms with Crippen LogP contribution < -0.4 is 0 Å². The number of imidazole rings is 1. The average Bonchev–Trinajstić information content (AvgIpc) is 2.61. The van der Waals surface area contributed by atoms with Crippen molar-refractivity contribution in [2.24, 2.45) is 0 Å². The Morgan fingerprint density at radius 2 is 2.25 bits per heavy atom. The molecule has 0 spiro atoms. The standard InChI is InChI=1S/C12H15BrN2O/c1-3-4-16-7-11-14-10-6-9(13)5-8(2)12(10)15-11/h5-6H,3-4,7H2,1-2H3,(H,14,15). The van der Waals surface area contributed by atoms with Crippen LogP contribution in [0.2, 0.25) is 0 Å². The van der Waals surface area contributed by atoms with E-state index in [1.165, 1.54) is 5.56 Å². The van der Waals surface area contributed by atoms with Gasteiger partial charge in [0.1, 0.15) is 12.4 Å². The maximum Gasteiger partial charge on any atom is 0.133 e. The molecule has 0 fully saturated rings. The first-order valence-electron chi connectivity index (χ1n) is 5.43. The minimum absolute atomic E-state index is 0.555. The molecule has 0 saturated heterocycles. The first-order valence-corrected chi connectivity index (χ1v) is 6.22. The van der Waals surface area contributed by atoms with Gasteiger partial charge in [-0.25, -0.2) is 4.98 Å². The highest BCUT2D eigenvalue weighted by molar-refractivity contribution is 9.10. The summed E-state index contributed by atoms with van der Waals surface area (Å²) in [5.74, 6) is 0.893. The molecule has 0 unspecified atom stereocenters. The van der Waals surface area contributed by atoms with Gasteiger partial charge in [-0.05, 0) is 31.0 Å². The van der Waals surface area contributed by atoms with Crippen LogP contribution in [0.3, 0.4) is 0 Å². The van der Waals surface area contributed by atoms with Gasteiger partial charge in [0.15, 0.2) is 0 Å². The summed E-state index contributed by atoms with van der Waals surface area (Å²) in [4.78, 5) is 7.79. The van der Waals surface area contributed by atoms with Crippen LogP contribution in [-0.2, 0) is 11.3 Å². The smallest absolute Gasteiger partial charge is 0.133 e. The number of hydrogen-bond donors (Lipinski definition) is 1. The third-order valence-corrected chi connectivity index (χ3v) is 2.84. The Morgan fingerprint density at radius 1 is 1.44 bits per heavy atom. The number of hydrogen-bond acceptors (Lipinski definition) is 2. The number of nitrogens with one attached hydrogen (secondary N) is 1. The predicted octanol–water partition coefficient (Wildman–Crippen LogP) is 3.56. The first kappa shape index (κ1) is 11.6. The zero-order chi connectivity index (χ0) is 11.5. The number of halogens is 1. The average molecular weight is 283 g/mol. The summed E-state index contributed by atoms with van der Waals surface area (Å²) in [7, 11) is 0. The summed E-state index contributed by atoms with van der Waals surface area (Å²) in [6.07, 6.45) is 1.03. The molecule has 1 aromatic carbocycles. The van der Waals surface area contributed by atoms with E-state index >= 15 is 0 Å². The Hall–Kier alpha value is -0.870. The van der Waals surface area contributed by atoms with E-state index in [1.54, 1.807) is 0 Å². The fraction of sp³-hybridized carbons (Fsp3) is 0.417. The second kappa shape index (κ2) is 4.97. The van der Waals surface area contributed by atoms with Crippen molar-refractivity contribution in [2.45, 2.75) is 26.9 Å². The molecule has 1 N–H and O–H groups in total. The topological polar surface area (TPSA) is 37.9 Å². The predicted molar refractivity (Wildman–Crippen MR) is 68.5 cm³/mol. The maximum absolute atomic E-state index is 5.46. The van der Waals surface area contributed by atoms with Gasteiger partial charge in [-0.1, -0.05) is 22.9 Å². The van der Waals surface area contributed by atoms with Gasteiger partial charge in [-0.3, -0.25) is 0 Å². The van der Waals surface area contributed by atoms with E-state index in [1.807, 2.05) is 6.07 Å². The van der Waals surface area contributed by atoms with Crippen molar-refractivity contribution < 1.29 is 4.74 Å². The quantitative estimate of drug-likeness (QED) is 0.871. The van der Waals surface area contributed by atoms with E-state index in [4.69, 9.17) is 4.74 Å². The molecule has 86 valence electrons. The number of nitrogens with zero attached hydrogens (tertiary/aromatic N) is 1. The molecule has 0 aliphatic rings. The number of H-pyrrole nitrogens is 1. The molecule has 2 rings (SSSR count). The molecule has 0 amide bonds. The third-order valence-electron chi connectivity index (χ3n) is 2.38. The number of fused-ring (bicyclic) bond motifs is 1. The number of aromatic amines is 1. The molecule has 0 saturated carbocycles. The first-order chi connectivity index (χ1) is 7.70. The monoisotopic (exact) mass is 282 g/mol. The van der Waals surface area contributed by atoms with Crippen LogP contribution in [0.4, 0.5) is 0 Å². The highest BCUT2D eigenvalue weighted by atomic mass is 79.9. The Bertz CT molecular complexity index is 493. The summed E-state index contributed by atoms with van der Waals surface area (Å²) < 4.78 is 6.53. The third kappa shape index (κ3) is 2.44. The Balaban J connectivity index is 2.26. The molecule has 4 heteroatoms. The second-order valence-electron chi connectivity index (χ2n) is 3.85. The SMILES string of the molecule is CCCOCc1nc2c(C)cc(Br)cc2[nH]1. The number of rotatable bonds is 4. The van der Waals surface area contributed by atoms with E-state index in [9.17, 15) is 0 Å². The van der Waals surface area contributed by atoms with Gasteiger partial charge in [0, 0.05) is 11.1 Å². The molecular weight excluding hydrogens is 268 g/mol. The van der Waals surface area contributed by atoms with Gasteiger partial charge >= 0.3 is 0 Å². The van der Waals surface area contributed by atoms with Crippen LogP contribution in [0.5, 0.6) is 0 Å². The summed E-state index contributed by atoms with van der Waals surface area (Å²) in [5, 5.41) is 0. The van der Waals surface area contributed by atoms with Gasteiger partial charge in [-0.15, -0.1) is 0 Å². The summed E-state index contributed by atoms with van der Waals surface area (Å²) >= 11 is 3.48. The van der Waals surface area contributed by atoms with E-state index in [0.717, 1.165) is 34.4 Å². The number of aromatic nitrogens is 2. The number of benzene rings is 1. The van der Waals surface area contributed by atoms with Crippen molar-refractivity contribution in [3.05, 3.63) is 28.0 Å². The number of ether oxygens (including phenoxy) is 1. The van der Waals surface area contributed by atoms with Crippen molar-refractivity contribution >= 4 is 27.0 Å². The Kier molecular flexibility index (Phi) is 3.61. The van der Waals surface area contributed by atoms with Crippen molar-refractivity contribution in [1.82, 2.24) is 9.97 Å². The lowest BCUT2D eigenvalue weighted by molar-refractivity contribution is 0.117. The molecule has 0 radical (unpaired) electrons. The Morgan fingerprint density at radius 3 is 3.00 bits per heavy atom. The van der Waals surface area contributed by atoms with Gasteiger partial charge in [0.2, 0.25) is 0 Å². The fourth-order valence-electron chi connectivity index (χ4n) is 1.68. The van der Waals surface area contributed by atoms with E-state index in [-0.39, 0.29) is 0 Å². The highest BCUT2D eigenvalue weighted by Crippen LogP contribution is 2.22. The molecular formula is C12H15BrN2O. The maximum atomic E-state index is 5.46. The van der Waals surface area contributed by atoms with Crippen molar-refractivity contribution in [3.8, 4) is 0 Å². The molecule has 2 aromatic rings. The molecule has 0 aliphatic carbocycles. The molecule has 1 aromatic heterocycles. The zero-order valence-corrected chi connectivity index (χ0v) is 11.1. The van der Waals surface area contributed by atoms with Crippen LogP contribution in [-0.4, -0.2) is 16.6 Å². The van der Waals surface area contributed by atoms with Crippen molar-refractivity contribution in [2.75, 3.05) is 6.61 Å². The molecule has 0 aliphatic heterocycles. The van der Waals surface area contributed by atoms with Gasteiger partial charge < -0.3 is 9.72 Å². The van der Waals surface area contributed by atoms with Crippen LogP contribution in [0.1, 0.15) is 24.7 Å². The molecule has 3 nitrogen and oxygen atoms in total. The highest BCUT2D eigenvalue weighted by Gasteiger charge is 2.06. The van der Waals surface area contributed by atoms with Crippen LogP contribution in [0.25, 0.3) is 11.0 Å². The van der Waals surface area contributed by atoms with Crippen LogP contribution in [0.15, 0.2) is 16.6 Å². The molecule has 0 bridgehead atoms. The normalized spacial score (nSPS) is 11.2. The summed E-state index contributed by atoms with van der Waals surface area (Å²) in [5.41, 5.74) is 3.25. The lowest BCUT2D eigenvalue weighted by Crippen LogP contribution is -1.95. The largest absolute Gasteiger partial charge is 0.374 e. The molecule has 1 heterocycles. The number of aryl methyl sites for hydroxylation is 1. The van der Waals surface area contributed by atoms with Gasteiger partial charge in [0.25, 0.3) is 0 Å². The van der Waals surface area contributed by atoms with E-state index < -0.39 is 0 Å². The molecule has 16 heavy (non-hydrogen) atoms. The van der Waals surface area contributed by atoms with Crippen LogP contribution >= 0.6 is 15.9 Å². The van der Waals surface area contributed by atoms with Crippen molar-refractivity contribution in [3.63, 3.8) is 0 Å². The fourth-order valence-corrected chi connectivity index (χ4v) is 2.25. The van der Waals surface area contributed by atoms with Crippen molar-refractivity contribution in [1.29, 1.82) is 0 Å². The second-order valence-corrected chi connectivity index (χ2v) is 4.77. The van der Waals surface area contributed by atoms with E-state index in [0.29, 0.717) is 6.61 Å². The van der Waals surface area contributed by atoms with Crippen LogP contribution in [0, 0.1) is 6.92 Å². The summed E-state index contributed by atoms with van der Waals surface area (Å²) in [6.45, 7) is 5.49. The van der Waals surface area contributed by atoms with Gasteiger partial charge in [0.05, 0.1) is 11.0 Å². The van der Waals surface area contributed by atoms with E-state index in [2.05, 4.69) is 45.8 Å². The lowest BCUT2D eigenvalue weighted by atomic mass is 10.2. The lowest BCUT2D eigenvalue weighted by Gasteiger charge is -1.97. The Labute approximate surface area is 103 Å².